The average molecular weight is 1980 g/mol. The maximum Gasteiger partial charge on any atom is 0.407 e. The molecular formula is C97H124N14O27S2. The van der Waals surface area contributed by atoms with Gasteiger partial charge in [0.25, 0.3) is 0 Å². The van der Waals surface area contributed by atoms with Crippen LogP contribution >= 0.6 is 21.6 Å². The van der Waals surface area contributed by atoms with Crippen molar-refractivity contribution in [2.24, 2.45) is 41.1 Å². The molecule has 0 unspecified atom stereocenters. The number of carbonyl (C=O) groups is 16. The Morgan fingerprint density at radius 3 is 2.07 bits per heavy atom. The fourth-order valence-electron chi connectivity index (χ4n) is 18.6. The van der Waals surface area contributed by atoms with Crippen LogP contribution in [0.15, 0.2) is 85.5 Å². The Hall–Kier alpha value is -12.5. The van der Waals surface area contributed by atoms with Gasteiger partial charge >= 0.3 is 6.09 Å². The van der Waals surface area contributed by atoms with E-state index in [4.69, 9.17) is 35.8 Å². The number of benzene rings is 4. The normalized spacial score (nSPS) is 20.2. The first-order valence-electron chi connectivity index (χ1n) is 47.0. The number of nitrogens with zero attached hydrogens (tertiary/aromatic N) is 2. The number of aromatic hydroxyl groups is 3. The maximum atomic E-state index is 15.4. The summed E-state index contributed by atoms with van der Waals surface area (Å²) in [7, 11) is 3.82. The fourth-order valence-corrected chi connectivity index (χ4v) is 20.4. The van der Waals surface area contributed by atoms with Crippen molar-refractivity contribution >= 4 is 132 Å². The summed E-state index contributed by atoms with van der Waals surface area (Å²) >= 11 is 0. The van der Waals surface area contributed by atoms with Crippen LogP contribution < -0.4 is 53.4 Å². The number of aromatic nitrogens is 3. The molecule has 3 aliphatic heterocycles. The molecule has 43 heteroatoms. The lowest BCUT2D eigenvalue weighted by Gasteiger charge is -2.42. The summed E-state index contributed by atoms with van der Waals surface area (Å²) < 4.78 is 23.1. The van der Waals surface area contributed by atoms with E-state index in [9.17, 15) is 93.3 Å². The van der Waals surface area contributed by atoms with Crippen molar-refractivity contribution in [3.05, 3.63) is 136 Å². The molecule has 2 aromatic heterocycles. The first-order valence-corrected chi connectivity index (χ1v) is 49.5. The molecule has 41 nitrogen and oxygen atoms in total. The number of hydrogen-bond donors (Lipinski definition) is 19. The number of methoxy groups -OCH3 is 1. The van der Waals surface area contributed by atoms with Gasteiger partial charge in [-0.05, 0) is 106 Å². The molecule has 0 saturated carbocycles. The number of phenols is 3. The molecule has 0 spiro atoms. The van der Waals surface area contributed by atoms with E-state index < -0.39 is 234 Å². The number of alkyl carbamates (subject to hydrolysis) is 1. The standard InChI is InChI=1S/C97H124N14O27S2/c1-50(2)34-65(73(118)39-54(13-10-29-103-95(99)100)94(132)111-30-11-17-69(111)70(115)24-25-78(98)121)107-91(129)53(38-72(117)66(35-52-19-21-59(114)22-20-52)108-93(131)57(47-112)41-74(119)67(37-56-45-104-63-16-6-5-14-60(56)63)109-92(130)55(36-58-46-101-49-105-58)40-71(116)64-23-26-80(123)106-64)12-7-8-28-102-79(122)27-32-139-140-33-31-136-96(133)110-68-42-81(137-51(3)86(68)124)138-76-44-97(134,77(120)48-113)43-62-83(76)90(128)85-84(88(62)126)87(125)61-15-9-18-75(135-4)82(61)89(85)127/h5-6,9,14-16,18-22,45-46,49-51,53-55,57,64-69,76,81,86,104,112-114,124,126,128,134H,7-8,10-13,17,23-44,47-48H2,1-4H3,(H2,98,121)(H,101,105)(H,102,122)(H,106,123)(H,107,129)(H,108,131)(H,109,130)(H,110,133)(H4,99,100,103)/t51-,53-,54+,55+,57-,64-,65-,66-,67-,68-,69-,76-,81-,86+,97-/m0/s1. The molecular weight excluding hydrogens is 1860 g/mol. The number of H-pyrrole nitrogens is 2. The number of fused-ring (bicyclic) bond motifs is 4. The molecule has 11 rings (SSSR count). The molecule has 6 aromatic rings. The average Bonchev–Trinajstić information content (AvgIpc) is 1.06. The van der Waals surface area contributed by atoms with E-state index in [0.717, 1.165) is 0 Å². The molecule has 3 fully saturated rings. The Morgan fingerprint density at radius 1 is 0.714 bits per heavy atom. The molecule has 15 atom stereocenters. The monoisotopic (exact) mass is 1980 g/mol. The number of amides is 8. The van der Waals surface area contributed by atoms with Crippen molar-refractivity contribution in [2.75, 3.05) is 58.1 Å². The topological polar surface area (TPSA) is 659 Å². The second-order valence-corrected chi connectivity index (χ2v) is 39.3. The fraction of sp³-hybridized carbons (Fsp3) is 0.526. The Morgan fingerprint density at radius 2 is 1.39 bits per heavy atom. The maximum absolute atomic E-state index is 15.4. The van der Waals surface area contributed by atoms with Crippen LogP contribution in [0.2, 0.25) is 0 Å². The number of phenolic OH excluding ortho intramolecular Hbond substituents is 3. The third kappa shape index (κ3) is 28.4. The van der Waals surface area contributed by atoms with Crippen LogP contribution in [0.25, 0.3) is 10.9 Å². The number of ether oxygens (including phenoxy) is 4. The number of rotatable bonds is 54. The number of para-hydroxylation sites is 1. The van der Waals surface area contributed by atoms with Crippen molar-refractivity contribution in [1.82, 2.24) is 57.1 Å². The molecule has 5 aliphatic rings. The summed E-state index contributed by atoms with van der Waals surface area (Å²) in [5.74, 6) is -17.0. The summed E-state index contributed by atoms with van der Waals surface area (Å²) in [5, 5.41) is 106. The van der Waals surface area contributed by atoms with E-state index in [0.29, 0.717) is 40.6 Å². The lowest BCUT2D eigenvalue weighted by atomic mass is 9.72. The van der Waals surface area contributed by atoms with Gasteiger partial charge in [-0.15, -0.1) is 0 Å². The number of imidazole rings is 1. The predicted molar refractivity (Wildman–Crippen MR) is 508 cm³/mol. The number of nitrogens with two attached hydrogens (primary N) is 2. The third-order valence-corrected chi connectivity index (χ3v) is 28.4. The highest BCUT2D eigenvalue weighted by molar-refractivity contribution is 8.76. The Labute approximate surface area is 814 Å². The largest absolute Gasteiger partial charge is 0.508 e. The van der Waals surface area contributed by atoms with Gasteiger partial charge in [-0.2, -0.15) is 0 Å². The Kier molecular flexibility index (Phi) is 39.0. The summed E-state index contributed by atoms with van der Waals surface area (Å²) in [5.41, 5.74) is 8.48. The second-order valence-electron chi connectivity index (χ2n) is 36.6. The van der Waals surface area contributed by atoms with Gasteiger partial charge in [-0.3, -0.25) is 77.3 Å². The number of primary amides is 1. The van der Waals surface area contributed by atoms with Crippen molar-refractivity contribution in [2.45, 2.75) is 235 Å². The number of aliphatic hydroxyl groups excluding tert-OH is 3. The van der Waals surface area contributed by atoms with Gasteiger partial charge in [0.1, 0.15) is 47.9 Å². The van der Waals surface area contributed by atoms with Crippen molar-refractivity contribution in [3.63, 3.8) is 0 Å². The molecule has 4 aromatic carbocycles. The highest BCUT2D eigenvalue weighted by Crippen LogP contribution is 2.53. The molecule has 140 heavy (non-hydrogen) atoms. The van der Waals surface area contributed by atoms with Crippen LogP contribution in [0.3, 0.4) is 0 Å². The van der Waals surface area contributed by atoms with Crippen LogP contribution in [-0.4, -0.2) is 274 Å². The van der Waals surface area contributed by atoms with Crippen LogP contribution in [-0.2, 0) is 102 Å². The van der Waals surface area contributed by atoms with Crippen molar-refractivity contribution < 1.29 is 131 Å². The van der Waals surface area contributed by atoms with Crippen molar-refractivity contribution in [3.8, 4) is 23.0 Å². The van der Waals surface area contributed by atoms with E-state index in [1.807, 2.05) is 0 Å². The number of aromatic amines is 2. The third-order valence-electron chi connectivity index (χ3n) is 26.0. The van der Waals surface area contributed by atoms with Gasteiger partial charge in [-0.1, -0.05) is 84.3 Å². The van der Waals surface area contributed by atoms with E-state index >= 15 is 19.2 Å². The summed E-state index contributed by atoms with van der Waals surface area (Å²) in [6.07, 6.45) is -4.71. The number of likely N-dealkylation sites (tertiary alicyclic amines) is 1. The molecule has 0 radical (unpaired) electrons. The first kappa shape index (κ1) is 108. The lowest BCUT2D eigenvalue weighted by Crippen LogP contribution is -2.56. The number of carbonyl (C=O) groups excluding carboxylic acids is 16. The number of nitrogens with one attached hydrogen (secondary N) is 10. The molecule has 3 saturated heterocycles. The van der Waals surface area contributed by atoms with Gasteiger partial charge in [0.05, 0.1) is 103 Å². The number of unbranched alkanes of at least 4 members (excludes halogenated alkanes) is 1. The van der Waals surface area contributed by atoms with Gasteiger partial charge in [0, 0.05) is 166 Å². The Balaban J connectivity index is 0.740. The summed E-state index contributed by atoms with van der Waals surface area (Å²) in [6.45, 7) is 3.18. The van der Waals surface area contributed by atoms with Crippen molar-refractivity contribution in [1.29, 1.82) is 5.41 Å². The number of ketones is 8. The minimum Gasteiger partial charge on any atom is -0.508 e. The van der Waals surface area contributed by atoms with E-state index in [1.54, 1.807) is 50.5 Å². The van der Waals surface area contributed by atoms with Gasteiger partial charge in [0.15, 0.2) is 52.7 Å². The highest BCUT2D eigenvalue weighted by Gasteiger charge is 2.52. The summed E-state index contributed by atoms with van der Waals surface area (Å²) in [4.78, 5) is 236. The zero-order chi connectivity index (χ0) is 101. The van der Waals surface area contributed by atoms with Gasteiger partial charge in [-0.25, -0.2) is 9.78 Å². The SMILES string of the molecule is COc1cccc2c1C(=O)c1c(O)c3c(c(O)c1C2=O)C[C@@](O)(C(=O)CO)C[C@@H]3O[C@H]1C[C@H](NC(=O)OCCSSCCC(=O)NCCCC[C@@H](CC(=O)[C@H](Cc2ccc(O)cc2)NC(=O)[C@H](CO)CC(=O)[C@H](Cc2c[nH]c3ccccc23)NC(=O)[C@@H](CC(=O)[C@@H]2CCC(=O)N2)Cc2c[nH]cn2)C(=O)N[C@@H](CC(C)C)C(=O)C[C@@H](CCCNC(=N)N)C(=O)N2CCC[C@H]2C(=O)CCC(N)=O)[C@H](O)[C@H](C)O1. The Bertz CT molecular complexity index is 5540. The van der Waals surface area contributed by atoms with Crippen LogP contribution in [0, 0.1) is 35.0 Å². The number of aliphatic hydroxyl groups is 4. The highest BCUT2D eigenvalue weighted by atomic mass is 33.1. The van der Waals surface area contributed by atoms with E-state index in [-0.39, 0.29) is 204 Å². The predicted octanol–water partition coefficient (Wildman–Crippen LogP) is 3.63. The van der Waals surface area contributed by atoms with Crippen LogP contribution in [0.1, 0.15) is 209 Å². The van der Waals surface area contributed by atoms with Crippen LogP contribution in [0.4, 0.5) is 4.79 Å². The molecule has 0 bridgehead atoms. The first-order chi connectivity index (χ1) is 66.9. The molecule has 2 aliphatic carbocycles. The number of guanidine groups is 1. The number of hydrogen-bond acceptors (Lipinski definition) is 31. The van der Waals surface area contributed by atoms with E-state index in [1.165, 1.54) is 89.3 Å². The minimum atomic E-state index is -2.46. The van der Waals surface area contributed by atoms with Crippen LogP contribution in [0.5, 0.6) is 23.0 Å². The van der Waals surface area contributed by atoms with Gasteiger partial charge in [0.2, 0.25) is 47.1 Å². The quantitative estimate of drug-likeness (QED) is 0.00851. The number of Topliss-reactive ketones (excluding diaryl/α,β-unsaturated/α-hetero) is 6. The zero-order valence-corrected chi connectivity index (χ0v) is 80.0. The summed E-state index contributed by atoms with van der Waals surface area (Å²) in [6, 6.07) is 10.00. The molecule has 21 N–H and O–H groups in total. The van der Waals surface area contributed by atoms with Gasteiger partial charge < -0.3 is 118 Å². The lowest BCUT2D eigenvalue weighted by molar-refractivity contribution is -0.249. The minimum absolute atomic E-state index is 0.000470. The molecule has 5 heterocycles. The smallest absolute Gasteiger partial charge is 0.407 e. The van der Waals surface area contributed by atoms with E-state index in [2.05, 4.69) is 52.2 Å². The molecule has 8 amide bonds. The second kappa shape index (κ2) is 50.6. The molecule has 756 valence electrons. The zero-order valence-electron chi connectivity index (χ0n) is 78.3.